The third-order valence-electron chi connectivity index (χ3n) is 6.49. The third-order valence-corrected chi connectivity index (χ3v) is 6.49. The second-order valence-corrected chi connectivity index (χ2v) is 9.83. The first kappa shape index (κ1) is 23.2. The molecule has 0 saturated carbocycles. The first-order valence-corrected chi connectivity index (χ1v) is 12.1. The molecule has 5 nitrogen and oxygen atoms in total. The van der Waals surface area contributed by atoms with Gasteiger partial charge in [-0.3, -0.25) is 4.79 Å². The van der Waals surface area contributed by atoms with E-state index in [4.69, 9.17) is 4.98 Å². The molecule has 2 aromatic carbocycles. The zero-order valence-corrected chi connectivity index (χ0v) is 20.3. The van der Waals surface area contributed by atoms with Crippen molar-refractivity contribution in [1.82, 2.24) is 15.2 Å². The van der Waals surface area contributed by atoms with E-state index in [1.165, 1.54) is 25.1 Å². The van der Waals surface area contributed by atoms with Gasteiger partial charge in [0.25, 0.3) is 5.91 Å². The number of carbonyl (C=O) groups is 1. The molecule has 0 bridgehead atoms. The molecule has 2 heterocycles. The highest BCUT2D eigenvalue weighted by atomic mass is 16.1. The quantitative estimate of drug-likeness (QED) is 0.460. The molecule has 1 fully saturated rings. The summed E-state index contributed by atoms with van der Waals surface area (Å²) < 4.78 is 0. The zero-order valence-electron chi connectivity index (χ0n) is 20.3. The van der Waals surface area contributed by atoms with Crippen molar-refractivity contribution >= 4 is 28.3 Å². The molecular formula is C28H36N4O. The molecule has 3 aromatic rings. The van der Waals surface area contributed by atoms with Crippen LogP contribution in [0.5, 0.6) is 0 Å². The van der Waals surface area contributed by atoms with Gasteiger partial charge in [-0.1, -0.05) is 49.7 Å². The van der Waals surface area contributed by atoms with E-state index < -0.39 is 0 Å². The van der Waals surface area contributed by atoms with Crippen LogP contribution in [0, 0.1) is 25.7 Å². The molecule has 2 atom stereocenters. The number of aromatic nitrogens is 1. The summed E-state index contributed by atoms with van der Waals surface area (Å²) in [5.74, 6) is 2.16. The highest BCUT2D eigenvalue weighted by Crippen LogP contribution is 2.25. The fourth-order valence-electron chi connectivity index (χ4n) is 5.09. The lowest BCUT2D eigenvalue weighted by molar-refractivity contribution is 0.0949. The SMILES string of the molecule is Cc1ccc(Nc2cc(C(=O)NCCCN3CC(C)CC(C)C3)c3ccccc3n2)c(C)c1. The number of hydrogen-bond donors (Lipinski definition) is 2. The minimum Gasteiger partial charge on any atom is -0.352 e. The number of fused-ring (bicyclic) bond motifs is 1. The Balaban J connectivity index is 1.45. The van der Waals surface area contributed by atoms with Crippen LogP contribution in [0.4, 0.5) is 11.5 Å². The number of nitrogens with one attached hydrogen (secondary N) is 2. The number of anilines is 2. The van der Waals surface area contributed by atoms with Crippen molar-refractivity contribution in [2.24, 2.45) is 11.8 Å². The number of pyridine rings is 1. The Kier molecular flexibility index (Phi) is 7.29. The molecule has 1 aliphatic heterocycles. The molecule has 174 valence electrons. The maximum absolute atomic E-state index is 13.1. The van der Waals surface area contributed by atoms with Crippen LogP contribution in [-0.4, -0.2) is 42.0 Å². The van der Waals surface area contributed by atoms with Crippen molar-refractivity contribution in [2.45, 2.75) is 40.5 Å². The van der Waals surface area contributed by atoms with Crippen LogP contribution < -0.4 is 10.6 Å². The lowest BCUT2D eigenvalue weighted by Gasteiger charge is -2.34. The third kappa shape index (κ3) is 5.91. The number of piperidine rings is 1. The second-order valence-electron chi connectivity index (χ2n) is 9.83. The highest BCUT2D eigenvalue weighted by Gasteiger charge is 2.21. The van der Waals surface area contributed by atoms with Crippen molar-refractivity contribution in [3.63, 3.8) is 0 Å². The lowest BCUT2D eigenvalue weighted by Crippen LogP contribution is -2.40. The number of carbonyl (C=O) groups excluding carboxylic acids is 1. The highest BCUT2D eigenvalue weighted by molar-refractivity contribution is 6.07. The average molecular weight is 445 g/mol. The van der Waals surface area contributed by atoms with Crippen molar-refractivity contribution in [3.05, 3.63) is 65.2 Å². The number of aryl methyl sites for hydroxylation is 2. The van der Waals surface area contributed by atoms with Crippen LogP contribution >= 0.6 is 0 Å². The summed E-state index contributed by atoms with van der Waals surface area (Å²) >= 11 is 0. The molecule has 1 aliphatic rings. The van der Waals surface area contributed by atoms with Crippen molar-refractivity contribution in [1.29, 1.82) is 0 Å². The van der Waals surface area contributed by atoms with E-state index in [1.807, 2.05) is 30.3 Å². The van der Waals surface area contributed by atoms with E-state index in [-0.39, 0.29) is 5.91 Å². The molecule has 0 radical (unpaired) electrons. The van der Waals surface area contributed by atoms with Gasteiger partial charge in [-0.2, -0.15) is 0 Å². The number of nitrogens with zero attached hydrogens (tertiary/aromatic N) is 2. The maximum Gasteiger partial charge on any atom is 0.252 e. The Morgan fingerprint density at radius 1 is 1.06 bits per heavy atom. The second kappa shape index (κ2) is 10.3. The van der Waals surface area contributed by atoms with Gasteiger partial charge in [0, 0.05) is 30.7 Å². The summed E-state index contributed by atoms with van der Waals surface area (Å²) in [5.41, 5.74) is 4.84. The Labute approximate surface area is 197 Å². The van der Waals surface area contributed by atoms with Gasteiger partial charge in [-0.05, 0) is 68.8 Å². The minimum absolute atomic E-state index is 0.0438. The van der Waals surface area contributed by atoms with Crippen LogP contribution in [0.25, 0.3) is 10.9 Å². The fraction of sp³-hybridized carbons (Fsp3) is 0.429. The van der Waals surface area contributed by atoms with E-state index in [2.05, 4.69) is 61.4 Å². The van der Waals surface area contributed by atoms with Gasteiger partial charge in [-0.15, -0.1) is 0 Å². The Bertz CT molecular complexity index is 1120. The predicted molar refractivity (Wildman–Crippen MR) is 137 cm³/mol. The summed E-state index contributed by atoms with van der Waals surface area (Å²) in [4.78, 5) is 20.4. The number of amides is 1. The van der Waals surface area contributed by atoms with Gasteiger partial charge in [-0.25, -0.2) is 4.98 Å². The van der Waals surface area contributed by atoms with Crippen LogP contribution in [0.2, 0.25) is 0 Å². The Hall–Kier alpha value is -2.92. The first-order valence-electron chi connectivity index (χ1n) is 12.1. The number of rotatable bonds is 7. The van der Waals surface area contributed by atoms with E-state index in [9.17, 15) is 4.79 Å². The molecule has 0 spiro atoms. The summed E-state index contributed by atoms with van der Waals surface area (Å²) in [6.45, 7) is 12.9. The molecule has 4 rings (SSSR count). The molecule has 1 saturated heterocycles. The number of benzene rings is 2. The van der Waals surface area contributed by atoms with Gasteiger partial charge in [0.15, 0.2) is 0 Å². The number of likely N-dealkylation sites (tertiary alicyclic amines) is 1. The van der Waals surface area contributed by atoms with Crippen molar-refractivity contribution < 1.29 is 4.79 Å². The van der Waals surface area contributed by atoms with Gasteiger partial charge < -0.3 is 15.5 Å². The first-order chi connectivity index (χ1) is 15.9. The molecule has 1 aromatic heterocycles. The number of para-hydroxylation sites is 1. The standard InChI is InChI=1S/C28H36N4O/c1-19-10-11-25(22(4)15-19)30-27-16-24(23-8-5-6-9-26(23)31-27)28(33)29-12-7-13-32-17-20(2)14-21(3)18-32/h5-6,8-11,15-16,20-21H,7,12-14,17-18H2,1-4H3,(H,29,33)(H,30,31). The van der Waals surface area contributed by atoms with Gasteiger partial charge >= 0.3 is 0 Å². The Morgan fingerprint density at radius 3 is 2.58 bits per heavy atom. The van der Waals surface area contributed by atoms with E-state index >= 15 is 0 Å². The van der Waals surface area contributed by atoms with Gasteiger partial charge in [0.2, 0.25) is 0 Å². The summed E-state index contributed by atoms with van der Waals surface area (Å²) in [7, 11) is 0. The minimum atomic E-state index is -0.0438. The van der Waals surface area contributed by atoms with Crippen molar-refractivity contribution in [2.75, 3.05) is 31.5 Å². The molecule has 33 heavy (non-hydrogen) atoms. The normalized spacial score (nSPS) is 18.9. The predicted octanol–water partition coefficient (Wildman–Crippen LogP) is 5.69. The monoisotopic (exact) mass is 444 g/mol. The van der Waals surface area contributed by atoms with Gasteiger partial charge in [0.1, 0.15) is 5.82 Å². The summed E-state index contributed by atoms with van der Waals surface area (Å²) in [6.07, 6.45) is 2.28. The molecule has 0 aliphatic carbocycles. The van der Waals surface area contributed by atoms with E-state index in [0.717, 1.165) is 47.0 Å². The van der Waals surface area contributed by atoms with Crippen LogP contribution in [0.15, 0.2) is 48.5 Å². The topological polar surface area (TPSA) is 57.3 Å². The Morgan fingerprint density at radius 2 is 1.82 bits per heavy atom. The summed E-state index contributed by atoms with van der Waals surface area (Å²) in [5, 5.41) is 7.42. The zero-order chi connectivity index (χ0) is 23.4. The smallest absolute Gasteiger partial charge is 0.252 e. The largest absolute Gasteiger partial charge is 0.352 e. The molecular weight excluding hydrogens is 408 g/mol. The molecule has 2 unspecified atom stereocenters. The van der Waals surface area contributed by atoms with E-state index in [0.29, 0.717) is 17.9 Å². The van der Waals surface area contributed by atoms with Crippen LogP contribution in [0.3, 0.4) is 0 Å². The van der Waals surface area contributed by atoms with Crippen LogP contribution in [-0.2, 0) is 0 Å². The maximum atomic E-state index is 13.1. The van der Waals surface area contributed by atoms with Crippen molar-refractivity contribution in [3.8, 4) is 0 Å². The fourth-order valence-corrected chi connectivity index (χ4v) is 5.09. The summed E-state index contributed by atoms with van der Waals surface area (Å²) in [6, 6.07) is 16.0. The molecule has 5 heteroatoms. The lowest BCUT2D eigenvalue weighted by atomic mass is 9.92. The number of hydrogen-bond acceptors (Lipinski definition) is 4. The van der Waals surface area contributed by atoms with Crippen LogP contribution in [0.1, 0.15) is 48.2 Å². The molecule has 2 N–H and O–H groups in total. The van der Waals surface area contributed by atoms with Gasteiger partial charge in [0.05, 0.1) is 11.1 Å². The molecule has 1 amide bonds. The van der Waals surface area contributed by atoms with E-state index in [1.54, 1.807) is 0 Å². The average Bonchev–Trinajstić information content (AvgIpc) is 2.77.